The van der Waals surface area contributed by atoms with E-state index in [2.05, 4.69) is 28.8 Å². The Morgan fingerprint density at radius 2 is 2.06 bits per heavy atom. The van der Waals surface area contributed by atoms with Gasteiger partial charge in [-0.25, -0.2) is 0 Å². The average molecular weight is 290 g/mol. The summed E-state index contributed by atoms with van der Waals surface area (Å²) >= 11 is 7.28. The summed E-state index contributed by atoms with van der Waals surface area (Å²) in [5, 5.41) is 6.80. The van der Waals surface area contributed by atoms with Crippen molar-refractivity contribution in [2.24, 2.45) is 5.92 Å². The van der Waals surface area contributed by atoms with E-state index in [1.54, 1.807) is 0 Å². The van der Waals surface area contributed by atoms with E-state index in [0.717, 1.165) is 23.6 Å². The molecule has 1 rings (SSSR count). The third kappa shape index (κ3) is 4.53. The average Bonchev–Trinajstić information content (AvgIpc) is 2.73. The van der Waals surface area contributed by atoms with Crippen LogP contribution in [0.5, 0.6) is 0 Å². The van der Waals surface area contributed by atoms with Crippen LogP contribution in [-0.2, 0) is 0 Å². The van der Waals surface area contributed by atoms with E-state index in [0.29, 0.717) is 17.3 Å². The van der Waals surface area contributed by atoms with Crippen molar-refractivity contribution in [2.45, 2.75) is 45.4 Å². The molecular weight excluding hydrogens is 270 g/mol. The number of alkyl halides is 1. The number of halogens is 1. The van der Waals surface area contributed by atoms with Crippen molar-refractivity contribution < 1.29 is 4.79 Å². The molecule has 0 radical (unpaired) electrons. The van der Waals surface area contributed by atoms with Crippen molar-refractivity contribution in [2.75, 3.05) is 6.54 Å². The second-order valence-corrected chi connectivity index (χ2v) is 6.45. The first kappa shape index (κ1) is 15.4. The second-order valence-electron chi connectivity index (χ2n) is 5.08. The van der Waals surface area contributed by atoms with E-state index >= 15 is 0 Å². The van der Waals surface area contributed by atoms with E-state index in [4.69, 9.17) is 11.6 Å². The number of aromatic nitrogens is 2. The van der Waals surface area contributed by atoms with Gasteiger partial charge in [-0.2, -0.15) is 0 Å². The van der Waals surface area contributed by atoms with Gasteiger partial charge in [0.1, 0.15) is 4.88 Å². The van der Waals surface area contributed by atoms with Gasteiger partial charge < -0.3 is 5.32 Å². The summed E-state index contributed by atoms with van der Waals surface area (Å²) < 4.78 is 3.84. The lowest BCUT2D eigenvalue weighted by atomic mass is 10.1. The van der Waals surface area contributed by atoms with Gasteiger partial charge in [-0.15, -0.1) is 16.7 Å². The van der Waals surface area contributed by atoms with Crippen LogP contribution in [-0.4, -0.2) is 27.4 Å². The molecule has 0 aliphatic rings. The molecule has 1 heterocycles. The Bertz CT molecular complexity index is 392. The molecule has 1 N–H and O–H groups in total. The zero-order valence-corrected chi connectivity index (χ0v) is 12.8. The molecule has 1 aromatic rings. The number of nitrogens with zero attached hydrogens (tertiary/aromatic N) is 2. The van der Waals surface area contributed by atoms with Crippen molar-refractivity contribution >= 4 is 29.0 Å². The number of rotatable bonds is 6. The topological polar surface area (TPSA) is 54.9 Å². The fourth-order valence-corrected chi connectivity index (χ4v) is 2.78. The summed E-state index contributed by atoms with van der Waals surface area (Å²) in [6.45, 7) is 8.70. The van der Waals surface area contributed by atoms with Gasteiger partial charge in [0.2, 0.25) is 0 Å². The van der Waals surface area contributed by atoms with Gasteiger partial charge in [0.15, 0.2) is 0 Å². The normalized spacial score (nSPS) is 13.1. The second kappa shape index (κ2) is 7.04. The van der Waals surface area contributed by atoms with Gasteiger partial charge in [-0.05, 0) is 29.8 Å². The lowest BCUT2D eigenvalue weighted by Crippen LogP contribution is -2.30. The Labute approximate surface area is 117 Å². The van der Waals surface area contributed by atoms with Crippen LogP contribution in [0, 0.1) is 5.92 Å². The van der Waals surface area contributed by atoms with E-state index in [1.165, 1.54) is 0 Å². The first-order valence-corrected chi connectivity index (χ1v) is 7.37. The zero-order valence-electron chi connectivity index (χ0n) is 11.2. The van der Waals surface area contributed by atoms with Crippen molar-refractivity contribution in [3.63, 3.8) is 0 Å². The summed E-state index contributed by atoms with van der Waals surface area (Å²) in [7, 11) is 0. The highest BCUT2D eigenvalue weighted by Crippen LogP contribution is 2.19. The standard InChI is InChI=1S/C12H20ClN3OS/c1-7(2)5-9(13)6-14-12(17)11-10(8(3)4)15-16-18-11/h7-9H,5-6H2,1-4H3,(H,14,17). The van der Waals surface area contributed by atoms with E-state index in [9.17, 15) is 4.79 Å². The lowest BCUT2D eigenvalue weighted by Gasteiger charge is -2.12. The van der Waals surface area contributed by atoms with Gasteiger partial charge in [-0.1, -0.05) is 32.2 Å². The Hall–Kier alpha value is -0.680. The molecule has 1 aromatic heterocycles. The van der Waals surface area contributed by atoms with Crippen molar-refractivity contribution in [3.05, 3.63) is 10.6 Å². The predicted octanol–water partition coefficient (Wildman–Crippen LogP) is 3.04. The Morgan fingerprint density at radius 3 is 2.61 bits per heavy atom. The Balaban J connectivity index is 2.53. The summed E-state index contributed by atoms with van der Waals surface area (Å²) in [4.78, 5) is 12.6. The van der Waals surface area contributed by atoms with Crippen molar-refractivity contribution in [3.8, 4) is 0 Å². The molecule has 102 valence electrons. The fourth-order valence-electron chi connectivity index (χ4n) is 1.61. The van der Waals surface area contributed by atoms with Crippen LogP contribution in [0.25, 0.3) is 0 Å². The lowest BCUT2D eigenvalue weighted by molar-refractivity contribution is 0.0955. The molecule has 0 aliphatic carbocycles. The molecule has 0 saturated carbocycles. The summed E-state index contributed by atoms with van der Waals surface area (Å²) in [6, 6.07) is 0. The molecule has 0 aliphatic heterocycles. The van der Waals surface area contributed by atoms with Crippen LogP contribution >= 0.6 is 23.1 Å². The molecule has 4 nitrogen and oxygen atoms in total. The van der Waals surface area contributed by atoms with Gasteiger partial charge >= 0.3 is 0 Å². The first-order valence-electron chi connectivity index (χ1n) is 6.16. The number of hydrogen-bond donors (Lipinski definition) is 1. The van der Waals surface area contributed by atoms with Crippen molar-refractivity contribution in [1.29, 1.82) is 0 Å². The van der Waals surface area contributed by atoms with E-state index in [-0.39, 0.29) is 17.2 Å². The maximum Gasteiger partial charge on any atom is 0.265 e. The fraction of sp³-hybridized carbons (Fsp3) is 0.750. The largest absolute Gasteiger partial charge is 0.350 e. The van der Waals surface area contributed by atoms with Gasteiger partial charge in [0, 0.05) is 6.54 Å². The van der Waals surface area contributed by atoms with E-state index < -0.39 is 0 Å². The van der Waals surface area contributed by atoms with Crippen LogP contribution in [0.3, 0.4) is 0 Å². The SMILES string of the molecule is CC(C)CC(Cl)CNC(=O)c1snnc1C(C)C. The number of carbonyl (C=O) groups is 1. The van der Waals surface area contributed by atoms with Gasteiger partial charge in [0.25, 0.3) is 5.91 Å². The van der Waals surface area contributed by atoms with Gasteiger partial charge in [0.05, 0.1) is 11.1 Å². The summed E-state index contributed by atoms with van der Waals surface area (Å²) in [6.07, 6.45) is 0.889. The van der Waals surface area contributed by atoms with Crippen LogP contribution in [0.2, 0.25) is 0 Å². The molecule has 0 aromatic carbocycles. The molecule has 18 heavy (non-hydrogen) atoms. The van der Waals surface area contributed by atoms with Crippen LogP contribution in [0.1, 0.15) is 55.4 Å². The third-order valence-electron chi connectivity index (χ3n) is 2.48. The minimum atomic E-state index is -0.122. The molecule has 1 unspecified atom stereocenters. The maximum atomic E-state index is 12.0. The molecule has 1 amide bonds. The van der Waals surface area contributed by atoms with Crippen molar-refractivity contribution in [1.82, 2.24) is 14.9 Å². The minimum Gasteiger partial charge on any atom is -0.350 e. The molecular formula is C12H20ClN3OS. The molecule has 1 atom stereocenters. The zero-order chi connectivity index (χ0) is 13.7. The summed E-state index contributed by atoms with van der Waals surface area (Å²) in [5.74, 6) is 0.607. The highest BCUT2D eigenvalue weighted by Gasteiger charge is 2.19. The number of hydrogen-bond acceptors (Lipinski definition) is 4. The van der Waals surface area contributed by atoms with Crippen LogP contribution in [0.15, 0.2) is 0 Å². The predicted molar refractivity (Wildman–Crippen MR) is 75.4 cm³/mol. The maximum absolute atomic E-state index is 12.0. The minimum absolute atomic E-state index is 0.0302. The van der Waals surface area contributed by atoms with Crippen LogP contribution in [0.4, 0.5) is 0 Å². The van der Waals surface area contributed by atoms with Gasteiger partial charge in [-0.3, -0.25) is 4.79 Å². The van der Waals surface area contributed by atoms with E-state index in [1.807, 2.05) is 13.8 Å². The highest BCUT2D eigenvalue weighted by molar-refractivity contribution is 7.08. The Morgan fingerprint density at radius 1 is 1.39 bits per heavy atom. The summed E-state index contributed by atoms with van der Waals surface area (Å²) in [5.41, 5.74) is 0.757. The number of amides is 1. The molecule has 6 heteroatoms. The molecule has 0 bridgehead atoms. The number of nitrogens with one attached hydrogen (secondary N) is 1. The molecule has 0 saturated heterocycles. The monoisotopic (exact) mass is 289 g/mol. The third-order valence-corrected chi connectivity index (χ3v) is 3.55. The molecule has 0 fully saturated rings. The first-order chi connectivity index (χ1) is 8.41. The highest BCUT2D eigenvalue weighted by atomic mass is 35.5. The Kier molecular flexibility index (Phi) is 6.02. The smallest absolute Gasteiger partial charge is 0.265 e. The van der Waals surface area contributed by atoms with Crippen LogP contribution < -0.4 is 5.32 Å². The quantitative estimate of drug-likeness (QED) is 0.819. The number of carbonyl (C=O) groups excluding carboxylic acids is 1. The molecule has 0 spiro atoms.